The third-order valence-electron chi connectivity index (χ3n) is 2.43. The number of thiophene rings is 1. The molecule has 0 aliphatic carbocycles. The summed E-state index contributed by atoms with van der Waals surface area (Å²) >= 11 is 4.82. The minimum Gasteiger partial charge on any atom is -0.347 e. The molecule has 2 N–H and O–H groups in total. The SMILES string of the molecule is Cl.O=C(N[C@@H]1CCCNC1)c1ccc(Br)s1. The molecule has 90 valence electrons. The van der Waals surface area contributed by atoms with Crippen molar-refractivity contribution in [1.29, 1.82) is 0 Å². The molecule has 1 saturated heterocycles. The molecule has 6 heteroatoms. The van der Waals surface area contributed by atoms with Gasteiger partial charge in [0.05, 0.1) is 8.66 Å². The molecule has 1 amide bonds. The van der Waals surface area contributed by atoms with Gasteiger partial charge in [-0.05, 0) is 47.4 Å². The smallest absolute Gasteiger partial charge is 0.261 e. The molecule has 1 aliphatic rings. The van der Waals surface area contributed by atoms with Gasteiger partial charge in [0.2, 0.25) is 0 Å². The summed E-state index contributed by atoms with van der Waals surface area (Å²) in [4.78, 5) is 12.5. The molecule has 0 spiro atoms. The van der Waals surface area contributed by atoms with Crippen LogP contribution >= 0.6 is 39.7 Å². The Hall–Kier alpha value is -0.100. The predicted molar refractivity (Wildman–Crippen MR) is 72.6 cm³/mol. The van der Waals surface area contributed by atoms with Gasteiger partial charge < -0.3 is 10.6 Å². The summed E-state index contributed by atoms with van der Waals surface area (Å²) in [7, 11) is 0. The van der Waals surface area contributed by atoms with Crippen molar-refractivity contribution >= 4 is 45.6 Å². The first-order valence-electron chi connectivity index (χ1n) is 5.02. The summed E-state index contributed by atoms with van der Waals surface area (Å²) in [6, 6.07) is 4.03. The number of nitrogens with one attached hydrogen (secondary N) is 2. The normalized spacial score (nSPS) is 19.9. The molecule has 0 radical (unpaired) electrons. The molecule has 0 saturated carbocycles. The van der Waals surface area contributed by atoms with Gasteiger partial charge in [-0.15, -0.1) is 23.7 Å². The molecule has 1 aromatic heterocycles. The molecule has 2 heterocycles. The molecule has 1 aliphatic heterocycles. The number of hydrogen-bond acceptors (Lipinski definition) is 3. The van der Waals surface area contributed by atoms with E-state index in [4.69, 9.17) is 0 Å². The molecule has 2 rings (SSSR count). The predicted octanol–water partition coefficient (Wildman–Crippen LogP) is 2.41. The van der Waals surface area contributed by atoms with Crippen LogP contribution in [0.5, 0.6) is 0 Å². The van der Waals surface area contributed by atoms with E-state index in [1.165, 1.54) is 11.3 Å². The number of piperidine rings is 1. The van der Waals surface area contributed by atoms with Crippen LogP contribution < -0.4 is 10.6 Å². The Kier molecular flexibility index (Phi) is 5.75. The van der Waals surface area contributed by atoms with E-state index in [1.807, 2.05) is 12.1 Å². The second-order valence-corrected chi connectivity index (χ2v) is 6.08. The Balaban J connectivity index is 0.00000128. The van der Waals surface area contributed by atoms with E-state index in [9.17, 15) is 4.79 Å². The second kappa shape index (κ2) is 6.59. The van der Waals surface area contributed by atoms with Gasteiger partial charge >= 0.3 is 0 Å². The zero-order valence-corrected chi connectivity index (χ0v) is 11.9. The van der Waals surface area contributed by atoms with Crippen molar-refractivity contribution in [1.82, 2.24) is 10.6 Å². The highest BCUT2D eigenvalue weighted by Gasteiger charge is 2.16. The number of carbonyl (C=O) groups excluding carboxylic acids is 1. The number of halogens is 2. The Morgan fingerprint density at radius 2 is 2.38 bits per heavy atom. The minimum absolute atomic E-state index is 0. The van der Waals surface area contributed by atoms with Crippen molar-refractivity contribution in [3.05, 3.63) is 20.8 Å². The van der Waals surface area contributed by atoms with E-state index in [1.54, 1.807) is 0 Å². The zero-order chi connectivity index (χ0) is 10.7. The van der Waals surface area contributed by atoms with Crippen LogP contribution in [0.25, 0.3) is 0 Å². The van der Waals surface area contributed by atoms with Gasteiger partial charge in [0.1, 0.15) is 0 Å². The molecule has 1 fully saturated rings. The monoisotopic (exact) mass is 324 g/mol. The number of hydrogen-bond donors (Lipinski definition) is 2. The number of carbonyl (C=O) groups is 1. The first-order chi connectivity index (χ1) is 7.25. The molecule has 1 aromatic rings. The van der Waals surface area contributed by atoms with Crippen molar-refractivity contribution in [3.8, 4) is 0 Å². The van der Waals surface area contributed by atoms with E-state index in [-0.39, 0.29) is 24.4 Å². The summed E-state index contributed by atoms with van der Waals surface area (Å²) in [5.41, 5.74) is 0. The first-order valence-corrected chi connectivity index (χ1v) is 6.63. The van der Waals surface area contributed by atoms with Crippen LogP contribution in [0.3, 0.4) is 0 Å². The van der Waals surface area contributed by atoms with Gasteiger partial charge in [-0.25, -0.2) is 0 Å². The Morgan fingerprint density at radius 3 is 2.94 bits per heavy atom. The lowest BCUT2D eigenvalue weighted by molar-refractivity contribution is 0.0935. The summed E-state index contributed by atoms with van der Waals surface area (Å²) in [6.07, 6.45) is 2.21. The molecule has 0 aromatic carbocycles. The van der Waals surface area contributed by atoms with Crippen molar-refractivity contribution in [3.63, 3.8) is 0 Å². The molecule has 16 heavy (non-hydrogen) atoms. The second-order valence-electron chi connectivity index (χ2n) is 3.62. The first kappa shape index (κ1) is 14.0. The Labute approximate surface area is 114 Å². The number of amides is 1. The van der Waals surface area contributed by atoms with Gasteiger partial charge in [-0.1, -0.05) is 0 Å². The van der Waals surface area contributed by atoms with E-state index < -0.39 is 0 Å². The molecular weight excluding hydrogens is 312 g/mol. The van der Waals surface area contributed by atoms with Crippen LogP contribution in [-0.4, -0.2) is 25.0 Å². The topological polar surface area (TPSA) is 41.1 Å². The van der Waals surface area contributed by atoms with Crippen LogP contribution in [0.2, 0.25) is 0 Å². The van der Waals surface area contributed by atoms with Crippen LogP contribution in [0, 0.1) is 0 Å². The largest absolute Gasteiger partial charge is 0.347 e. The maximum absolute atomic E-state index is 11.8. The standard InChI is InChI=1S/C10H13BrN2OS.ClH/c11-9-4-3-8(15-9)10(14)13-7-2-1-5-12-6-7;/h3-4,7,12H,1-2,5-6H2,(H,13,14);1H/t7-;/m1./s1. The van der Waals surface area contributed by atoms with Gasteiger partial charge in [0.25, 0.3) is 5.91 Å². The lowest BCUT2D eigenvalue weighted by Crippen LogP contribution is -2.45. The van der Waals surface area contributed by atoms with Crippen LogP contribution in [0.15, 0.2) is 15.9 Å². The fourth-order valence-corrected chi connectivity index (χ4v) is 2.96. The van der Waals surface area contributed by atoms with Gasteiger partial charge in [-0.3, -0.25) is 4.79 Å². The molecular formula is C10H14BrClN2OS. The van der Waals surface area contributed by atoms with E-state index in [2.05, 4.69) is 26.6 Å². The highest BCUT2D eigenvalue weighted by Crippen LogP contribution is 2.22. The fraction of sp³-hybridized carbons (Fsp3) is 0.500. The lowest BCUT2D eigenvalue weighted by atomic mass is 10.1. The third kappa shape index (κ3) is 3.73. The average Bonchev–Trinajstić information content (AvgIpc) is 2.66. The summed E-state index contributed by atoms with van der Waals surface area (Å²) in [6.45, 7) is 1.95. The zero-order valence-electron chi connectivity index (χ0n) is 8.66. The van der Waals surface area contributed by atoms with E-state index in [0.717, 1.165) is 34.6 Å². The Bertz CT molecular complexity index is 352. The van der Waals surface area contributed by atoms with Gasteiger partial charge in [-0.2, -0.15) is 0 Å². The van der Waals surface area contributed by atoms with Gasteiger partial charge in [0.15, 0.2) is 0 Å². The molecule has 3 nitrogen and oxygen atoms in total. The van der Waals surface area contributed by atoms with Gasteiger partial charge in [0, 0.05) is 12.6 Å². The van der Waals surface area contributed by atoms with Crippen molar-refractivity contribution in [2.24, 2.45) is 0 Å². The average molecular weight is 326 g/mol. The maximum Gasteiger partial charge on any atom is 0.261 e. The van der Waals surface area contributed by atoms with Crippen LogP contribution in [0.1, 0.15) is 22.5 Å². The highest BCUT2D eigenvalue weighted by atomic mass is 79.9. The maximum atomic E-state index is 11.8. The van der Waals surface area contributed by atoms with Crippen molar-refractivity contribution in [2.75, 3.05) is 13.1 Å². The van der Waals surface area contributed by atoms with Crippen LogP contribution in [-0.2, 0) is 0 Å². The Morgan fingerprint density at radius 1 is 1.56 bits per heavy atom. The van der Waals surface area contributed by atoms with Crippen molar-refractivity contribution in [2.45, 2.75) is 18.9 Å². The minimum atomic E-state index is 0. The third-order valence-corrected chi connectivity index (χ3v) is 4.05. The highest BCUT2D eigenvalue weighted by molar-refractivity contribution is 9.11. The molecule has 0 unspecified atom stereocenters. The van der Waals surface area contributed by atoms with E-state index in [0.29, 0.717) is 0 Å². The quantitative estimate of drug-likeness (QED) is 0.877. The lowest BCUT2D eigenvalue weighted by Gasteiger charge is -2.23. The van der Waals surface area contributed by atoms with E-state index >= 15 is 0 Å². The summed E-state index contributed by atoms with van der Waals surface area (Å²) in [5, 5.41) is 6.31. The summed E-state index contributed by atoms with van der Waals surface area (Å²) < 4.78 is 0.995. The fourth-order valence-electron chi connectivity index (χ4n) is 1.67. The van der Waals surface area contributed by atoms with Crippen LogP contribution in [0.4, 0.5) is 0 Å². The number of rotatable bonds is 2. The summed E-state index contributed by atoms with van der Waals surface area (Å²) in [5.74, 6) is 0.0411. The van der Waals surface area contributed by atoms with Crippen molar-refractivity contribution < 1.29 is 4.79 Å². The molecule has 0 bridgehead atoms. The molecule has 1 atom stereocenters.